The zero-order valence-corrected chi connectivity index (χ0v) is 13.6. The summed E-state index contributed by atoms with van der Waals surface area (Å²) in [5.74, 6) is 0.833. The summed E-state index contributed by atoms with van der Waals surface area (Å²) >= 11 is 0. The number of nitrogens with zero attached hydrogens (tertiary/aromatic N) is 3. The summed E-state index contributed by atoms with van der Waals surface area (Å²) < 4.78 is 1.79. The smallest absolute Gasteiger partial charge is 0.253 e. The van der Waals surface area contributed by atoms with Gasteiger partial charge in [-0.2, -0.15) is 5.10 Å². The van der Waals surface area contributed by atoms with Gasteiger partial charge in [-0.3, -0.25) is 4.79 Å². The van der Waals surface area contributed by atoms with Crippen molar-refractivity contribution in [2.45, 2.75) is 19.8 Å². The summed E-state index contributed by atoms with van der Waals surface area (Å²) in [6.45, 7) is 5.93. The van der Waals surface area contributed by atoms with Crippen molar-refractivity contribution in [3.63, 3.8) is 0 Å². The molecule has 1 fully saturated rings. The van der Waals surface area contributed by atoms with Crippen LogP contribution in [-0.4, -0.2) is 46.8 Å². The van der Waals surface area contributed by atoms with Crippen LogP contribution < -0.4 is 5.32 Å². The van der Waals surface area contributed by atoms with Crippen LogP contribution in [0.3, 0.4) is 0 Å². The third-order valence-corrected chi connectivity index (χ3v) is 4.47. The van der Waals surface area contributed by atoms with Gasteiger partial charge in [-0.25, -0.2) is 4.68 Å². The maximum Gasteiger partial charge on any atom is 0.253 e. The van der Waals surface area contributed by atoms with Crippen molar-refractivity contribution in [1.82, 2.24) is 20.0 Å². The average Bonchev–Trinajstić information content (AvgIpc) is 3.14. The van der Waals surface area contributed by atoms with E-state index in [0.717, 1.165) is 50.3 Å². The summed E-state index contributed by atoms with van der Waals surface area (Å²) in [7, 11) is 0. The molecule has 0 spiro atoms. The van der Waals surface area contributed by atoms with Gasteiger partial charge in [-0.15, -0.1) is 0 Å². The van der Waals surface area contributed by atoms with Crippen molar-refractivity contribution >= 4 is 5.91 Å². The molecule has 23 heavy (non-hydrogen) atoms. The Bertz CT molecular complexity index is 613. The van der Waals surface area contributed by atoms with Crippen LogP contribution in [0.2, 0.25) is 0 Å². The maximum absolute atomic E-state index is 12.6. The van der Waals surface area contributed by atoms with Gasteiger partial charge >= 0.3 is 0 Å². The van der Waals surface area contributed by atoms with Crippen molar-refractivity contribution in [2.24, 2.45) is 5.92 Å². The maximum atomic E-state index is 12.6. The molecule has 1 aromatic heterocycles. The van der Waals surface area contributed by atoms with Gasteiger partial charge < -0.3 is 10.2 Å². The molecule has 2 heterocycles. The normalized spacial score (nSPS) is 15.8. The summed E-state index contributed by atoms with van der Waals surface area (Å²) in [4.78, 5) is 14.6. The van der Waals surface area contributed by atoms with Gasteiger partial charge in [0.2, 0.25) is 0 Å². The van der Waals surface area contributed by atoms with Crippen LogP contribution in [0.1, 0.15) is 30.1 Å². The number of benzene rings is 1. The van der Waals surface area contributed by atoms with E-state index in [9.17, 15) is 4.79 Å². The largest absolute Gasteiger partial charge is 0.339 e. The molecule has 122 valence electrons. The predicted octanol–water partition coefficient (Wildman–Crippen LogP) is 2.33. The number of amides is 1. The molecule has 0 bridgehead atoms. The van der Waals surface area contributed by atoms with Crippen LogP contribution in [0.25, 0.3) is 5.69 Å². The highest BCUT2D eigenvalue weighted by Crippen LogP contribution is 2.19. The topological polar surface area (TPSA) is 50.2 Å². The number of hydrogen-bond donors (Lipinski definition) is 1. The standard InChI is InChI=1S/C18H24N4O/c1-2-19-14-15-8-12-21(13-9-15)18(23)16-4-6-17(7-5-16)22-11-3-10-20-22/h3-7,10-11,15,19H,2,8-9,12-14H2,1H3. The van der Waals surface area contributed by atoms with Crippen LogP contribution in [0, 0.1) is 5.92 Å². The van der Waals surface area contributed by atoms with Crippen LogP contribution in [0.4, 0.5) is 0 Å². The lowest BCUT2D eigenvalue weighted by Gasteiger charge is -2.32. The third-order valence-electron chi connectivity index (χ3n) is 4.47. The molecule has 0 aliphatic carbocycles. The molecule has 1 aliphatic rings. The predicted molar refractivity (Wildman–Crippen MR) is 90.7 cm³/mol. The molecule has 0 radical (unpaired) electrons. The average molecular weight is 312 g/mol. The Morgan fingerprint density at radius 3 is 2.61 bits per heavy atom. The second kappa shape index (κ2) is 7.42. The summed E-state index contributed by atoms with van der Waals surface area (Å²) in [6.07, 6.45) is 5.82. The number of hydrogen-bond acceptors (Lipinski definition) is 3. The van der Waals surface area contributed by atoms with Crippen LogP contribution in [-0.2, 0) is 0 Å². The van der Waals surface area contributed by atoms with E-state index < -0.39 is 0 Å². The number of nitrogens with one attached hydrogen (secondary N) is 1. The van der Waals surface area contributed by atoms with E-state index in [2.05, 4.69) is 17.3 Å². The highest BCUT2D eigenvalue weighted by Gasteiger charge is 2.23. The highest BCUT2D eigenvalue weighted by molar-refractivity contribution is 5.94. The van der Waals surface area contributed by atoms with Gasteiger partial charge in [0.1, 0.15) is 0 Å². The zero-order chi connectivity index (χ0) is 16.1. The minimum Gasteiger partial charge on any atom is -0.339 e. The molecule has 1 aromatic carbocycles. The van der Waals surface area contributed by atoms with Gasteiger partial charge in [-0.1, -0.05) is 6.92 Å². The molecule has 1 N–H and O–H groups in total. The number of aromatic nitrogens is 2. The molecule has 1 saturated heterocycles. The van der Waals surface area contributed by atoms with E-state index in [0.29, 0.717) is 5.92 Å². The third kappa shape index (κ3) is 3.79. The number of piperidine rings is 1. The van der Waals surface area contributed by atoms with E-state index >= 15 is 0 Å². The van der Waals surface area contributed by atoms with E-state index in [1.807, 2.05) is 41.4 Å². The quantitative estimate of drug-likeness (QED) is 0.922. The summed E-state index contributed by atoms with van der Waals surface area (Å²) in [6, 6.07) is 9.56. The second-order valence-corrected chi connectivity index (χ2v) is 6.04. The first-order valence-corrected chi connectivity index (χ1v) is 8.38. The summed E-state index contributed by atoms with van der Waals surface area (Å²) in [5.41, 5.74) is 1.72. The van der Waals surface area contributed by atoms with E-state index in [1.165, 1.54) is 0 Å². The molecule has 0 saturated carbocycles. The fourth-order valence-electron chi connectivity index (χ4n) is 3.05. The van der Waals surface area contributed by atoms with Crippen LogP contribution in [0.15, 0.2) is 42.7 Å². The van der Waals surface area contributed by atoms with Gasteiger partial charge in [0.25, 0.3) is 5.91 Å². The zero-order valence-electron chi connectivity index (χ0n) is 13.6. The Hall–Kier alpha value is -2.14. The Kier molecular flexibility index (Phi) is 5.08. The van der Waals surface area contributed by atoms with Gasteiger partial charge in [0.15, 0.2) is 0 Å². The highest BCUT2D eigenvalue weighted by atomic mass is 16.2. The van der Waals surface area contributed by atoms with Gasteiger partial charge in [0, 0.05) is 31.0 Å². The van der Waals surface area contributed by atoms with Crippen molar-refractivity contribution in [3.05, 3.63) is 48.3 Å². The Morgan fingerprint density at radius 2 is 2.00 bits per heavy atom. The number of rotatable bonds is 5. The molecule has 1 amide bonds. The first-order valence-electron chi connectivity index (χ1n) is 8.38. The number of carbonyl (C=O) groups is 1. The van der Waals surface area contributed by atoms with Crippen LogP contribution in [0.5, 0.6) is 0 Å². The molecule has 5 nitrogen and oxygen atoms in total. The Labute approximate surface area is 137 Å². The van der Waals surface area contributed by atoms with Crippen molar-refractivity contribution in [1.29, 1.82) is 0 Å². The molecule has 3 rings (SSSR count). The molecular weight excluding hydrogens is 288 g/mol. The van der Waals surface area contributed by atoms with Crippen molar-refractivity contribution in [2.75, 3.05) is 26.2 Å². The Balaban J connectivity index is 1.58. The SMILES string of the molecule is CCNCC1CCN(C(=O)c2ccc(-n3cccn3)cc2)CC1. The van der Waals surface area contributed by atoms with E-state index in [4.69, 9.17) is 0 Å². The minimum absolute atomic E-state index is 0.138. The molecule has 1 aliphatic heterocycles. The monoisotopic (exact) mass is 312 g/mol. The first-order chi connectivity index (χ1) is 11.3. The molecular formula is C18H24N4O. The lowest BCUT2D eigenvalue weighted by Crippen LogP contribution is -2.40. The van der Waals surface area contributed by atoms with Crippen LogP contribution >= 0.6 is 0 Å². The molecule has 0 unspecified atom stereocenters. The lowest BCUT2D eigenvalue weighted by molar-refractivity contribution is 0.0690. The van der Waals surface area contributed by atoms with Crippen molar-refractivity contribution in [3.8, 4) is 5.69 Å². The van der Waals surface area contributed by atoms with Gasteiger partial charge in [-0.05, 0) is 62.2 Å². The first kappa shape index (κ1) is 15.7. The second-order valence-electron chi connectivity index (χ2n) is 6.04. The van der Waals surface area contributed by atoms with Crippen molar-refractivity contribution < 1.29 is 4.79 Å². The van der Waals surface area contributed by atoms with Gasteiger partial charge in [0.05, 0.1) is 5.69 Å². The molecule has 5 heteroatoms. The lowest BCUT2D eigenvalue weighted by atomic mass is 9.96. The molecule has 2 aromatic rings. The minimum atomic E-state index is 0.138. The Morgan fingerprint density at radius 1 is 1.26 bits per heavy atom. The molecule has 0 atom stereocenters. The fraction of sp³-hybridized carbons (Fsp3) is 0.444. The number of likely N-dealkylation sites (tertiary alicyclic amines) is 1. The summed E-state index contributed by atoms with van der Waals surface area (Å²) in [5, 5.41) is 7.60. The van der Waals surface area contributed by atoms with E-state index in [1.54, 1.807) is 10.9 Å². The van der Waals surface area contributed by atoms with E-state index in [-0.39, 0.29) is 5.91 Å². The number of carbonyl (C=O) groups excluding carboxylic acids is 1. The fourth-order valence-corrected chi connectivity index (χ4v) is 3.05.